The molecule has 1 aromatic carbocycles. The summed E-state index contributed by atoms with van der Waals surface area (Å²) < 4.78 is 31.5. The lowest BCUT2D eigenvalue weighted by molar-refractivity contribution is 0.0602. The Balaban J connectivity index is 2.42. The average Bonchev–Trinajstić information content (AvgIpc) is 2.87. The first-order valence-electron chi connectivity index (χ1n) is 6.07. The van der Waals surface area contributed by atoms with Crippen LogP contribution in [0.5, 0.6) is 0 Å². The minimum absolute atomic E-state index is 0.0728. The minimum Gasteiger partial charge on any atom is -0.465 e. The van der Waals surface area contributed by atoms with Gasteiger partial charge in [0.15, 0.2) is 5.03 Å². The maximum Gasteiger partial charge on any atom is 0.340 e. The van der Waals surface area contributed by atoms with Crippen molar-refractivity contribution in [2.45, 2.75) is 18.9 Å². The molecular weight excluding hydrogens is 294 g/mol. The van der Waals surface area contributed by atoms with E-state index < -0.39 is 16.0 Å². The van der Waals surface area contributed by atoms with Crippen LogP contribution in [0.15, 0.2) is 29.4 Å². The number of nitrogens with one attached hydrogen (secondary N) is 2. The van der Waals surface area contributed by atoms with Crippen molar-refractivity contribution in [1.82, 2.24) is 9.97 Å². The van der Waals surface area contributed by atoms with Crippen LogP contribution >= 0.6 is 0 Å². The molecular formula is C13H15N3O4S. The van der Waals surface area contributed by atoms with Crippen molar-refractivity contribution >= 4 is 21.7 Å². The van der Waals surface area contributed by atoms with Gasteiger partial charge in [-0.3, -0.25) is 4.72 Å². The van der Waals surface area contributed by atoms with Gasteiger partial charge in [0.2, 0.25) is 0 Å². The van der Waals surface area contributed by atoms with Crippen LogP contribution in [0.4, 0.5) is 5.69 Å². The van der Waals surface area contributed by atoms with E-state index in [2.05, 4.69) is 19.4 Å². The van der Waals surface area contributed by atoms with Crippen LogP contribution in [0.2, 0.25) is 0 Å². The number of carbonyl (C=O) groups is 1. The third-order valence-electron chi connectivity index (χ3n) is 2.79. The van der Waals surface area contributed by atoms with E-state index in [0.29, 0.717) is 5.82 Å². The van der Waals surface area contributed by atoms with Crippen molar-refractivity contribution in [1.29, 1.82) is 0 Å². The monoisotopic (exact) mass is 309 g/mol. The molecule has 21 heavy (non-hydrogen) atoms. The molecule has 0 saturated heterocycles. The molecule has 0 aliphatic carbocycles. The molecule has 0 aliphatic rings. The number of ether oxygens (including phenoxy) is 1. The fourth-order valence-electron chi connectivity index (χ4n) is 1.76. The highest BCUT2D eigenvalue weighted by Gasteiger charge is 2.20. The largest absolute Gasteiger partial charge is 0.465 e. The number of benzene rings is 1. The van der Waals surface area contributed by atoms with Crippen LogP contribution in [0.1, 0.15) is 21.7 Å². The molecule has 2 rings (SSSR count). The quantitative estimate of drug-likeness (QED) is 0.836. The zero-order valence-corrected chi connectivity index (χ0v) is 12.6. The van der Waals surface area contributed by atoms with E-state index in [1.807, 2.05) is 0 Å². The first-order valence-corrected chi connectivity index (χ1v) is 7.55. The van der Waals surface area contributed by atoms with Gasteiger partial charge in [-0.05, 0) is 26.0 Å². The third-order valence-corrected chi connectivity index (χ3v) is 4.07. The molecule has 7 nitrogen and oxygen atoms in total. The number of imidazole rings is 1. The highest BCUT2D eigenvalue weighted by atomic mass is 32.2. The van der Waals surface area contributed by atoms with Gasteiger partial charge in [-0.25, -0.2) is 9.78 Å². The molecule has 0 atom stereocenters. The van der Waals surface area contributed by atoms with E-state index in [1.165, 1.54) is 19.4 Å². The second kappa shape index (κ2) is 5.57. The molecule has 0 bridgehead atoms. The smallest absolute Gasteiger partial charge is 0.340 e. The number of aromatic amines is 1. The minimum atomic E-state index is -3.85. The lowest BCUT2D eigenvalue weighted by Crippen LogP contribution is -2.16. The van der Waals surface area contributed by atoms with Gasteiger partial charge >= 0.3 is 5.97 Å². The van der Waals surface area contributed by atoms with E-state index in [1.54, 1.807) is 26.0 Å². The normalized spacial score (nSPS) is 11.2. The van der Waals surface area contributed by atoms with Crippen molar-refractivity contribution in [2.24, 2.45) is 0 Å². The van der Waals surface area contributed by atoms with Crippen LogP contribution in [-0.4, -0.2) is 31.5 Å². The fraction of sp³-hybridized carbons (Fsp3) is 0.231. The van der Waals surface area contributed by atoms with E-state index in [-0.39, 0.29) is 16.3 Å². The Kier molecular flexibility index (Phi) is 3.99. The highest BCUT2D eigenvalue weighted by Crippen LogP contribution is 2.21. The van der Waals surface area contributed by atoms with E-state index in [4.69, 9.17) is 0 Å². The number of nitrogens with zero attached hydrogens (tertiary/aromatic N) is 1. The van der Waals surface area contributed by atoms with Crippen molar-refractivity contribution in [3.8, 4) is 0 Å². The van der Waals surface area contributed by atoms with Crippen LogP contribution < -0.4 is 4.72 Å². The first kappa shape index (κ1) is 15.0. The molecule has 0 aliphatic heterocycles. The lowest BCUT2D eigenvalue weighted by atomic mass is 10.1. The number of H-pyrrole nitrogens is 1. The van der Waals surface area contributed by atoms with Gasteiger partial charge in [0.1, 0.15) is 5.82 Å². The number of esters is 1. The molecule has 2 N–H and O–H groups in total. The number of anilines is 1. The number of carbonyl (C=O) groups excluding carboxylic acids is 1. The molecule has 0 amide bonds. The Hall–Kier alpha value is -2.35. The van der Waals surface area contributed by atoms with Gasteiger partial charge in [-0.15, -0.1) is 0 Å². The summed E-state index contributed by atoms with van der Waals surface area (Å²) in [5, 5.41) is -0.0728. The van der Waals surface area contributed by atoms with Crippen LogP contribution in [0.25, 0.3) is 0 Å². The van der Waals surface area contributed by atoms with E-state index >= 15 is 0 Å². The zero-order chi connectivity index (χ0) is 15.6. The molecule has 0 fully saturated rings. The standard InChI is InChI=1S/C13H15N3O4S/c1-8-4-5-11(10(6-8)13(17)20-3)16-21(18,19)12-7-14-9(2)15-12/h4-7,16H,1-3H3,(H,14,15). The van der Waals surface area contributed by atoms with Gasteiger partial charge in [-0.2, -0.15) is 8.42 Å². The number of aryl methyl sites for hydroxylation is 2. The number of hydrogen-bond donors (Lipinski definition) is 2. The number of rotatable bonds is 4. The van der Waals surface area contributed by atoms with Crippen LogP contribution in [-0.2, 0) is 14.8 Å². The van der Waals surface area contributed by atoms with E-state index in [9.17, 15) is 13.2 Å². The fourth-order valence-corrected chi connectivity index (χ4v) is 2.81. The molecule has 1 aromatic heterocycles. The Bertz CT molecular complexity index is 780. The van der Waals surface area contributed by atoms with Crippen molar-refractivity contribution in [2.75, 3.05) is 11.8 Å². The van der Waals surface area contributed by atoms with E-state index in [0.717, 1.165) is 5.56 Å². The van der Waals surface area contributed by atoms with Gasteiger partial charge in [0, 0.05) is 0 Å². The number of sulfonamides is 1. The highest BCUT2D eigenvalue weighted by molar-refractivity contribution is 7.92. The molecule has 0 saturated carbocycles. The van der Waals surface area contributed by atoms with Crippen LogP contribution in [0, 0.1) is 13.8 Å². The number of hydrogen-bond acceptors (Lipinski definition) is 5. The summed E-state index contributed by atoms with van der Waals surface area (Å²) in [7, 11) is -2.61. The van der Waals surface area contributed by atoms with Crippen molar-refractivity contribution < 1.29 is 17.9 Å². The molecule has 0 unspecified atom stereocenters. The van der Waals surface area contributed by atoms with Gasteiger partial charge in [0.25, 0.3) is 10.0 Å². The summed E-state index contributed by atoms with van der Waals surface area (Å²) in [6.07, 6.45) is 1.21. The lowest BCUT2D eigenvalue weighted by Gasteiger charge is -2.11. The zero-order valence-electron chi connectivity index (χ0n) is 11.8. The maximum atomic E-state index is 12.2. The first-order chi connectivity index (χ1) is 9.83. The second-order valence-corrected chi connectivity index (χ2v) is 6.13. The Morgan fingerprint density at radius 1 is 1.33 bits per heavy atom. The number of aromatic nitrogens is 2. The summed E-state index contributed by atoms with van der Waals surface area (Å²) in [5.74, 6) is -0.135. The summed E-state index contributed by atoms with van der Waals surface area (Å²) in [4.78, 5) is 18.2. The third kappa shape index (κ3) is 3.22. The predicted molar refractivity (Wildman–Crippen MR) is 76.7 cm³/mol. The molecule has 0 spiro atoms. The molecule has 112 valence electrons. The maximum absolute atomic E-state index is 12.2. The number of methoxy groups -OCH3 is 1. The molecule has 2 aromatic rings. The van der Waals surface area contributed by atoms with Gasteiger partial charge in [0.05, 0.1) is 24.6 Å². The summed E-state index contributed by atoms with van der Waals surface area (Å²) in [5.41, 5.74) is 1.12. The predicted octanol–water partition coefficient (Wildman–Crippen LogP) is 1.61. The topological polar surface area (TPSA) is 101 Å². The van der Waals surface area contributed by atoms with Gasteiger partial charge in [-0.1, -0.05) is 11.6 Å². The Labute approximate surface area is 122 Å². The van der Waals surface area contributed by atoms with Crippen molar-refractivity contribution in [3.05, 3.63) is 41.3 Å². The van der Waals surface area contributed by atoms with Crippen molar-refractivity contribution in [3.63, 3.8) is 0 Å². The molecule has 1 heterocycles. The molecule has 0 radical (unpaired) electrons. The molecule has 8 heteroatoms. The van der Waals surface area contributed by atoms with Crippen LogP contribution in [0.3, 0.4) is 0 Å². The summed E-state index contributed by atoms with van der Waals surface area (Å²) >= 11 is 0. The Morgan fingerprint density at radius 3 is 2.62 bits per heavy atom. The second-order valence-electron chi connectivity index (χ2n) is 4.48. The SMILES string of the molecule is COC(=O)c1cc(C)ccc1NS(=O)(=O)c1cnc(C)[nH]1. The summed E-state index contributed by atoms with van der Waals surface area (Å²) in [6.45, 7) is 3.44. The van der Waals surface area contributed by atoms with Gasteiger partial charge < -0.3 is 9.72 Å². The summed E-state index contributed by atoms with van der Waals surface area (Å²) in [6, 6.07) is 4.77. The average molecular weight is 309 g/mol. The Morgan fingerprint density at radius 2 is 2.05 bits per heavy atom.